The molecule has 97 heavy (non-hydrogen) atoms. The van der Waals surface area contributed by atoms with E-state index in [-0.39, 0.29) is 19.3 Å². The number of rotatable bonds is 71. The number of carbonyl (C=O) groups excluding carboxylic acids is 3. The van der Waals surface area contributed by atoms with Crippen LogP contribution in [0.15, 0.2) is 122 Å². The van der Waals surface area contributed by atoms with E-state index in [9.17, 15) is 43.5 Å². The summed E-state index contributed by atoms with van der Waals surface area (Å²) in [7, 11) is -9.79. The molecule has 0 amide bonds. The molecule has 0 radical (unpaired) electrons. The molecule has 0 heterocycles. The highest BCUT2D eigenvalue weighted by atomic mass is 31.2. The van der Waals surface area contributed by atoms with Gasteiger partial charge in [-0.05, 0) is 128 Å². The average molecular weight is 1400 g/mol. The third-order valence-corrected chi connectivity index (χ3v) is 17.6. The van der Waals surface area contributed by atoms with Crippen molar-refractivity contribution in [2.75, 3.05) is 39.6 Å². The van der Waals surface area contributed by atoms with Crippen LogP contribution in [0.3, 0.4) is 0 Å². The molecule has 0 rings (SSSR count). The van der Waals surface area contributed by atoms with Gasteiger partial charge in [-0.2, -0.15) is 0 Å². The fourth-order valence-electron chi connectivity index (χ4n) is 9.94. The van der Waals surface area contributed by atoms with Gasteiger partial charge in [-0.25, -0.2) is 9.13 Å². The van der Waals surface area contributed by atoms with E-state index in [1.807, 2.05) is 0 Å². The number of allylic oxidation sites excluding steroid dienone is 20. The molecular weight excluding hydrogens is 1270 g/mol. The highest BCUT2D eigenvalue weighted by Gasteiger charge is 2.29. The van der Waals surface area contributed by atoms with Gasteiger partial charge in [0, 0.05) is 19.3 Å². The molecule has 0 aliphatic heterocycles. The van der Waals surface area contributed by atoms with Crippen LogP contribution in [0.5, 0.6) is 0 Å². The Hall–Kier alpha value is -4.05. The van der Waals surface area contributed by atoms with Gasteiger partial charge in [-0.15, -0.1) is 0 Å². The van der Waals surface area contributed by atoms with E-state index in [2.05, 4.69) is 142 Å². The molecule has 5 unspecified atom stereocenters. The Kier molecular flexibility index (Phi) is 68.8. The fraction of sp³-hybridized carbons (Fsp3) is 0.709. The van der Waals surface area contributed by atoms with Gasteiger partial charge in [0.2, 0.25) is 0 Å². The number of hydrogen-bond acceptors (Lipinski definition) is 14. The molecule has 0 aliphatic carbocycles. The van der Waals surface area contributed by atoms with Crippen molar-refractivity contribution < 1.29 is 75.8 Å². The van der Waals surface area contributed by atoms with Gasteiger partial charge < -0.3 is 34.2 Å². The Morgan fingerprint density at radius 1 is 0.299 bits per heavy atom. The van der Waals surface area contributed by atoms with Crippen molar-refractivity contribution in [3.8, 4) is 0 Å². The number of carbonyl (C=O) groups is 3. The molecule has 0 aromatic carbocycles. The largest absolute Gasteiger partial charge is 0.472 e. The molecule has 0 aromatic rings. The summed E-state index contributed by atoms with van der Waals surface area (Å²) in [6.45, 7) is 2.42. The van der Waals surface area contributed by atoms with Crippen molar-refractivity contribution in [2.24, 2.45) is 0 Å². The molecule has 0 saturated heterocycles. The van der Waals surface area contributed by atoms with Crippen molar-refractivity contribution in [2.45, 2.75) is 322 Å². The second-order valence-electron chi connectivity index (χ2n) is 25.0. The fourth-order valence-corrected chi connectivity index (χ4v) is 11.5. The lowest BCUT2D eigenvalue weighted by atomic mass is 10.0. The average Bonchev–Trinajstić information content (AvgIpc) is 1.64. The predicted molar refractivity (Wildman–Crippen MR) is 399 cm³/mol. The molecule has 18 heteroatoms. The summed E-state index contributed by atoms with van der Waals surface area (Å²) in [6.07, 6.45) is 84.0. The van der Waals surface area contributed by atoms with Crippen LogP contribution < -0.4 is 0 Å². The number of aliphatic hydroxyl groups is 2. The Morgan fingerprint density at radius 3 is 0.876 bits per heavy atom. The number of hydrogen-bond donors (Lipinski definition) is 4. The standard InChI is InChI=1S/C79H136O16P2/c1-4-7-10-13-16-19-22-25-27-29-31-32-33-34-35-36-37-38-39-40-42-44-45-48-50-53-56-59-62-65-77(82)89-68-74(80)69-91-96(85,86)92-70-75(81)71-93-97(87,88)94-73-76(95-79(84)67-64-61-58-55-52-47-24-21-18-15-12-9-6-3)72-90-78(83)66-63-60-57-54-51-49-46-43-41-30-28-26-23-20-17-14-11-8-5-2/h7-8,10-11,16-17,19-21,24-28,31-32,34-35,41,43,74-76,80-81H,4-6,9,12-15,18,22-23,29-30,33,36-40,42,44-73H2,1-3H3,(H,85,86)(H,87,88)/b10-7-,11-8-,19-16-,20-17-,24-21-,27-25-,28-26-,32-31-,35-34-,43-41-. The minimum atomic E-state index is -4.93. The van der Waals surface area contributed by atoms with Crippen LogP contribution in [0.1, 0.15) is 303 Å². The molecule has 0 spiro atoms. The SMILES string of the molecule is CC/C=C\C/C=C\C/C=C\C/C=C\C/C=C\CCCCCCCCCCCCCCCC(=O)OCC(O)COP(=O)(O)OCC(O)COP(=O)(O)OCC(COC(=O)CCCCCCCC/C=C\C/C=C\C/C=C\C/C=C\CC)OC(=O)CCCCCCC/C=C\CCCCCC. The number of esters is 3. The van der Waals surface area contributed by atoms with E-state index in [0.29, 0.717) is 19.3 Å². The minimum Gasteiger partial charge on any atom is -0.463 e. The molecule has 0 saturated carbocycles. The van der Waals surface area contributed by atoms with E-state index >= 15 is 0 Å². The molecule has 5 atom stereocenters. The van der Waals surface area contributed by atoms with E-state index < -0.39 is 91.5 Å². The summed E-state index contributed by atoms with van der Waals surface area (Å²) in [5, 5.41) is 20.6. The van der Waals surface area contributed by atoms with Gasteiger partial charge in [0.05, 0.1) is 26.4 Å². The monoisotopic (exact) mass is 1400 g/mol. The van der Waals surface area contributed by atoms with E-state index in [0.717, 1.165) is 161 Å². The Balaban J connectivity index is 4.49. The lowest BCUT2D eigenvalue weighted by Gasteiger charge is -2.21. The maximum absolute atomic E-state index is 12.9. The maximum atomic E-state index is 12.9. The summed E-state index contributed by atoms with van der Waals surface area (Å²) in [5.74, 6) is -1.60. The molecule has 0 aromatic heterocycles. The Morgan fingerprint density at radius 2 is 0.546 bits per heavy atom. The van der Waals surface area contributed by atoms with Crippen molar-refractivity contribution in [3.05, 3.63) is 122 Å². The topological polar surface area (TPSA) is 231 Å². The third-order valence-electron chi connectivity index (χ3n) is 15.7. The predicted octanol–water partition coefficient (Wildman–Crippen LogP) is 21.8. The second kappa shape index (κ2) is 71.8. The second-order valence-corrected chi connectivity index (χ2v) is 27.9. The lowest BCUT2D eigenvalue weighted by molar-refractivity contribution is -0.161. The number of phosphoric acid groups is 2. The number of ether oxygens (including phenoxy) is 3. The van der Waals surface area contributed by atoms with Crippen LogP contribution in [0.4, 0.5) is 0 Å². The molecule has 0 bridgehead atoms. The summed E-state index contributed by atoms with van der Waals surface area (Å²) in [6, 6.07) is 0. The highest BCUT2D eigenvalue weighted by Crippen LogP contribution is 2.45. The number of aliphatic hydroxyl groups excluding tert-OH is 2. The first-order chi connectivity index (χ1) is 47.2. The van der Waals surface area contributed by atoms with Crippen LogP contribution >= 0.6 is 15.6 Å². The molecular formula is C79H136O16P2. The van der Waals surface area contributed by atoms with Gasteiger partial charge in [-0.3, -0.25) is 32.5 Å². The van der Waals surface area contributed by atoms with Crippen LogP contribution in [0.2, 0.25) is 0 Å². The van der Waals surface area contributed by atoms with E-state index in [4.69, 9.17) is 32.3 Å². The van der Waals surface area contributed by atoms with E-state index in [1.54, 1.807) is 0 Å². The van der Waals surface area contributed by atoms with Gasteiger partial charge in [-0.1, -0.05) is 277 Å². The van der Waals surface area contributed by atoms with Crippen molar-refractivity contribution >= 4 is 33.6 Å². The Bertz CT molecular complexity index is 2250. The van der Waals surface area contributed by atoms with Crippen LogP contribution in [-0.2, 0) is 55.8 Å². The zero-order valence-corrected chi connectivity index (χ0v) is 62.5. The van der Waals surface area contributed by atoms with Gasteiger partial charge >= 0.3 is 33.6 Å². The molecule has 16 nitrogen and oxygen atoms in total. The first kappa shape index (κ1) is 93.0. The summed E-state index contributed by atoms with van der Waals surface area (Å²) in [5.41, 5.74) is 0. The molecule has 558 valence electrons. The zero-order valence-electron chi connectivity index (χ0n) is 60.7. The van der Waals surface area contributed by atoms with Crippen molar-refractivity contribution in [1.82, 2.24) is 0 Å². The smallest absolute Gasteiger partial charge is 0.463 e. The van der Waals surface area contributed by atoms with Crippen LogP contribution in [0, 0.1) is 0 Å². The molecule has 0 fully saturated rings. The number of phosphoric ester groups is 2. The lowest BCUT2D eigenvalue weighted by Crippen LogP contribution is -2.30. The first-order valence-electron chi connectivity index (χ1n) is 37.8. The molecule has 4 N–H and O–H groups in total. The van der Waals surface area contributed by atoms with Crippen molar-refractivity contribution in [3.63, 3.8) is 0 Å². The summed E-state index contributed by atoms with van der Waals surface area (Å²) < 4.78 is 61.0. The minimum absolute atomic E-state index is 0.0899. The molecule has 0 aliphatic rings. The van der Waals surface area contributed by atoms with Crippen molar-refractivity contribution in [1.29, 1.82) is 0 Å². The Labute approximate surface area is 589 Å². The quantitative estimate of drug-likeness (QED) is 0.0146. The zero-order chi connectivity index (χ0) is 70.9. The summed E-state index contributed by atoms with van der Waals surface area (Å²) >= 11 is 0. The van der Waals surface area contributed by atoms with E-state index in [1.165, 1.54) is 83.5 Å². The number of unbranched alkanes of at least 4 members (excludes halogenated alkanes) is 28. The third kappa shape index (κ3) is 73.0. The normalized spacial score (nSPS) is 14.8. The maximum Gasteiger partial charge on any atom is 0.472 e. The van der Waals surface area contributed by atoms with Crippen LogP contribution in [0.25, 0.3) is 0 Å². The van der Waals surface area contributed by atoms with Gasteiger partial charge in [0.15, 0.2) is 6.10 Å². The first-order valence-corrected chi connectivity index (χ1v) is 40.8. The van der Waals surface area contributed by atoms with Crippen LogP contribution in [-0.4, -0.2) is 95.9 Å². The highest BCUT2D eigenvalue weighted by molar-refractivity contribution is 7.47. The summed E-state index contributed by atoms with van der Waals surface area (Å²) in [4.78, 5) is 58.5. The van der Waals surface area contributed by atoms with Gasteiger partial charge in [0.25, 0.3) is 0 Å². The van der Waals surface area contributed by atoms with Gasteiger partial charge in [0.1, 0.15) is 25.4 Å².